The van der Waals surface area contributed by atoms with Gasteiger partial charge in [0.25, 0.3) is 0 Å². The Bertz CT molecular complexity index is 511. The summed E-state index contributed by atoms with van der Waals surface area (Å²) < 4.78 is 0. The topological polar surface area (TPSA) is 45.2 Å². The monoisotopic (exact) mass is 242 g/mol. The second kappa shape index (κ2) is 5.65. The van der Waals surface area contributed by atoms with E-state index in [2.05, 4.69) is 10.3 Å². The Labute approximate surface area is 108 Å². The maximum absolute atomic E-state index is 9.83. The summed E-state index contributed by atoms with van der Waals surface area (Å²) in [6, 6.07) is 11.9. The van der Waals surface area contributed by atoms with Gasteiger partial charge in [-0.25, -0.2) is 4.98 Å². The first-order valence-electron chi connectivity index (χ1n) is 6.17. The molecule has 0 radical (unpaired) electrons. The molecule has 2 aromatic rings. The Balaban J connectivity index is 2.19. The summed E-state index contributed by atoms with van der Waals surface area (Å²) >= 11 is 0. The molecule has 0 saturated carbocycles. The van der Waals surface area contributed by atoms with Gasteiger partial charge in [-0.1, -0.05) is 25.1 Å². The molecule has 18 heavy (non-hydrogen) atoms. The van der Waals surface area contributed by atoms with Gasteiger partial charge in [-0.15, -0.1) is 0 Å². The van der Waals surface area contributed by atoms with E-state index in [0.29, 0.717) is 6.42 Å². The van der Waals surface area contributed by atoms with Crippen LogP contribution in [-0.4, -0.2) is 10.1 Å². The summed E-state index contributed by atoms with van der Waals surface area (Å²) in [5.41, 5.74) is 2.96. The predicted octanol–water partition coefficient (Wildman–Crippen LogP) is 3.58. The molecule has 0 aliphatic rings. The molecule has 0 aliphatic heterocycles. The van der Waals surface area contributed by atoms with Crippen molar-refractivity contribution in [2.75, 3.05) is 5.32 Å². The van der Waals surface area contributed by atoms with E-state index in [9.17, 15) is 5.11 Å². The van der Waals surface area contributed by atoms with Crippen molar-refractivity contribution >= 4 is 11.5 Å². The lowest BCUT2D eigenvalue weighted by molar-refractivity contribution is 0.172. The molecule has 0 fully saturated rings. The van der Waals surface area contributed by atoms with Crippen molar-refractivity contribution < 1.29 is 5.11 Å². The maximum Gasteiger partial charge on any atom is 0.130 e. The molecular weight excluding hydrogens is 224 g/mol. The highest BCUT2D eigenvalue weighted by Gasteiger charge is 2.09. The van der Waals surface area contributed by atoms with Gasteiger partial charge in [0.05, 0.1) is 6.10 Å². The number of anilines is 2. The lowest BCUT2D eigenvalue weighted by Gasteiger charge is -2.13. The van der Waals surface area contributed by atoms with Crippen molar-refractivity contribution in [3.05, 3.63) is 53.7 Å². The number of hydrogen-bond donors (Lipinski definition) is 2. The molecular formula is C15H18N2O. The molecule has 1 unspecified atom stereocenters. The number of para-hydroxylation sites is 1. The van der Waals surface area contributed by atoms with Crippen LogP contribution in [-0.2, 0) is 0 Å². The van der Waals surface area contributed by atoms with Gasteiger partial charge in [0.15, 0.2) is 0 Å². The number of aromatic nitrogens is 1. The predicted molar refractivity (Wildman–Crippen MR) is 73.9 cm³/mol. The van der Waals surface area contributed by atoms with Crippen LogP contribution in [0.2, 0.25) is 0 Å². The highest BCUT2D eigenvalue weighted by Crippen LogP contribution is 2.22. The van der Waals surface area contributed by atoms with E-state index in [4.69, 9.17) is 0 Å². The van der Waals surface area contributed by atoms with Gasteiger partial charge in [-0.2, -0.15) is 0 Å². The normalized spacial score (nSPS) is 12.2. The molecule has 0 saturated heterocycles. The van der Waals surface area contributed by atoms with Crippen LogP contribution in [0, 0.1) is 6.92 Å². The lowest BCUT2D eigenvalue weighted by atomic mass is 10.0. The number of nitrogens with zero attached hydrogens (tertiary/aromatic N) is 1. The third-order valence-corrected chi connectivity index (χ3v) is 2.94. The Morgan fingerprint density at radius 2 is 2.00 bits per heavy atom. The number of nitrogens with one attached hydrogen (secondary N) is 1. The molecule has 2 N–H and O–H groups in total. The SMILES string of the molecule is CCC(O)c1cnc(Nc2ccccc2)cc1C. The zero-order chi connectivity index (χ0) is 13.0. The van der Waals surface area contributed by atoms with Crippen molar-refractivity contribution in [1.82, 2.24) is 4.98 Å². The third-order valence-electron chi connectivity index (χ3n) is 2.94. The van der Waals surface area contributed by atoms with Gasteiger partial charge in [-0.3, -0.25) is 0 Å². The van der Waals surface area contributed by atoms with E-state index in [1.54, 1.807) is 6.20 Å². The molecule has 0 bridgehead atoms. The van der Waals surface area contributed by atoms with Gasteiger partial charge in [0, 0.05) is 17.4 Å². The van der Waals surface area contributed by atoms with Gasteiger partial charge in [-0.05, 0) is 37.1 Å². The summed E-state index contributed by atoms with van der Waals surface area (Å²) in [5.74, 6) is 0.797. The van der Waals surface area contributed by atoms with E-state index in [1.165, 1.54) is 0 Å². The average Bonchev–Trinajstić information content (AvgIpc) is 2.39. The molecule has 3 heteroatoms. The summed E-state index contributed by atoms with van der Waals surface area (Å²) in [6.45, 7) is 3.95. The number of aliphatic hydroxyl groups is 1. The molecule has 0 amide bonds. The van der Waals surface area contributed by atoms with E-state index in [0.717, 1.165) is 22.6 Å². The quantitative estimate of drug-likeness (QED) is 0.861. The Morgan fingerprint density at radius 3 is 2.61 bits per heavy atom. The Hall–Kier alpha value is -1.87. The highest BCUT2D eigenvalue weighted by atomic mass is 16.3. The zero-order valence-electron chi connectivity index (χ0n) is 10.7. The molecule has 0 spiro atoms. The van der Waals surface area contributed by atoms with E-state index in [1.807, 2.05) is 50.2 Å². The molecule has 1 atom stereocenters. The first-order valence-corrected chi connectivity index (χ1v) is 6.17. The smallest absolute Gasteiger partial charge is 0.130 e. The first kappa shape index (κ1) is 12.6. The van der Waals surface area contributed by atoms with Crippen LogP contribution in [0.4, 0.5) is 11.5 Å². The fraction of sp³-hybridized carbons (Fsp3) is 0.267. The molecule has 1 heterocycles. The minimum atomic E-state index is -0.428. The second-order valence-corrected chi connectivity index (χ2v) is 4.34. The third kappa shape index (κ3) is 2.87. The fourth-order valence-corrected chi connectivity index (χ4v) is 1.87. The number of hydrogen-bond acceptors (Lipinski definition) is 3. The van der Waals surface area contributed by atoms with E-state index < -0.39 is 6.10 Å². The average molecular weight is 242 g/mol. The van der Waals surface area contributed by atoms with Crippen LogP contribution in [0.15, 0.2) is 42.6 Å². The largest absolute Gasteiger partial charge is 0.388 e. The number of aryl methyl sites for hydroxylation is 1. The maximum atomic E-state index is 9.83. The molecule has 94 valence electrons. The van der Waals surface area contributed by atoms with Gasteiger partial charge in [0.1, 0.15) is 5.82 Å². The minimum absolute atomic E-state index is 0.428. The van der Waals surface area contributed by atoms with Crippen LogP contribution in [0.5, 0.6) is 0 Å². The number of benzene rings is 1. The zero-order valence-corrected chi connectivity index (χ0v) is 10.7. The second-order valence-electron chi connectivity index (χ2n) is 4.34. The number of aliphatic hydroxyl groups excluding tert-OH is 1. The summed E-state index contributed by atoms with van der Waals surface area (Å²) in [5, 5.41) is 13.1. The van der Waals surface area contributed by atoms with Crippen molar-refractivity contribution in [3.8, 4) is 0 Å². The van der Waals surface area contributed by atoms with Crippen molar-refractivity contribution in [3.63, 3.8) is 0 Å². The molecule has 0 aliphatic carbocycles. The molecule has 1 aromatic carbocycles. The van der Waals surface area contributed by atoms with Gasteiger partial charge in [0.2, 0.25) is 0 Å². The summed E-state index contributed by atoms with van der Waals surface area (Å²) in [7, 11) is 0. The first-order chi connectivity index (χ1) is 8.70. The van der Waals surface area contributed by atoms with Crippen LogP contribution in [0.3, 0.4) is 0 Å². The number of rotatable bonds is 4. The van der Waals surface area contributed by atoms with Gasteiger partial charge >= 0.3 is 0 Å². The van der Waals surface area contributed by atoms with Crippen molar-refractivity contribution in [1.29, 1.82) is 0 Å². The lowest BCUT2D eigenvalue weighted by Crippen LogP contribution is -2.01. The van der Waals surface area contributed by atoms with Crippen LogP contribution >= 0.6 is 0 Å². The standard InChI is InChI=1S/C15H18N2O/c1-3-14(18)13-10-16-15(9-11(13)2)17-12-7-5-4-6-8-12/h4-10,14,18H,3H2,1-2H3,(H,16,17). The van der Waals surface area contributed by atoms with Gasteiger partial charge < -0.3 is 10.4 Å². The molecule has 2 rings (SSSR count). The summed E-state index contributed by atoms with van der Waals surface area (Å²) in [4.78, 5) is 4.33. The molecule has 3 nitrogen and oxygen atoms in total. The van der Waals surface area contributed by atoms with E-state index >= 15 is 0 Å². The van der Waals surface area contributed by atoms with E-state index in [-0.39, 0.29) is 0 Å². The van der Waals surface area contributed by atoms with Crippen molar-refractivity contribution in [2.45, 2.75) is 26.4 Å². The minimum Gasteiger partial charge on any atom is -0.388 e. The molecule has 1 aromatic heterocycles. The fourth-order valence-electron chi connectivity index (χ4n) is 1.87. The van der Waals surface area contributed by atoms with Crippen LogP contribution < -0.4 is 5.32 Å². The Morgan fingerprint density at radius 1 is 1.28 bits per heavy atom. The number of pyridine rings is 1. The van der Waals surface area contributed by atoms with Crippen molar-refractivity contribution in [2.24, 2.45) is 0 Å². The van der Waals surface area contributed by atoms with Crippen LogP contribution in [0.25, 0.3) is 0 Å². The summed E-state index contributed by atoms with van der Waals surface area (Å²) in [6.07, 6.45) is 2.02. The Kier molecular flexibility index (Phi) is 3.95. The highest BCUT2D eigenvalue weighted by molar-refractivity contribution is 5.56. The van der Waals surface area contributed by atoms with Crippen LogP contribution in [0.1, 0.15) is 30.6 Å².